The van der Waals surface area contributed by atoms with Gasteiger partial charge in [0.1, 0.15) is 11.6 Å². The molecular weight excluding hydrogens is 410 g/mol. The lowest BCUT2D eigenvalue weighted by Gasteiger charge is -2.35. The molecule has 0 aliphatic carbocycles. The molecule has 0 saturated carbocycles. The van der Waals surface area contributed by atoms with Gasteiger partial charge >= 0.3 is 5.97 Å². The summed E-state index contributed by atoms with van der Waals surface area (Å²) in [5.74, 6) is -2.92. The highest BCUT2D eigenvalue weighted by molar-refractivity contribution is 5.87. The predicted octanol–water partition coefficient (Wildman–Crippen LogP) is 5.57. The van der Waals surface area contributed by atoms with Crippen molar-refractivity contribution < 1.29 is 18.7 Å². The Morgan fingerprint density at radius 1 is 1.19 bits per heavy atom. The zero-order valence-corrected chi connectivity index (χ0v) is 18.4. The molecule has 0 radical (unpaired) electrons. The van der Waals surface area contributed by atoms with Gasteiger partial charge in [0.25, 0.3) is 0 Å². The maximum atomic E-state index is 14.7. The number of aromatic nitrogens is 1. The minimum atomic E-state index is -0.989. The zero-order valence-electron chi connectivity index (χ0n) is 18.4. The number of hydrogen-bond donors (Lipinski definition) is 1. The molecular formula is C26H28F2N2O2. The molecule has 3 aromatic rings. The number of halogens is 2. The Labute approximate surface area is 186 Å². The van der Waals surface area contributed by atoms with Gasteiger partial charge in [0.05, 0.1) is 6.42 Å². The molecule has 3 unspecified atom stereocenters. The van der Waals surface area contributed by atoms with Gasteiger partial charge in [0.2, 0.25) is 0 Å². The molecule has 3 heterocycles. The van der Waals surface area contributed by atoms with Crippen LogP contribution >= 0.6 is 0 Å². The fourth-order valence-corrected chi connectivity index (χ4v) is 6.05. The summed E-state index contributed by atoms with van der Waals surface area (Å²) in [6.07, 6.45) is 2.99. The first kappa shape index (κ1) is 21.1. The topological polar surface area (TPSA) is 45.5 Å². The van der Waals surface area contributed by atoms with Crippen molar-refractivity contribution in [2.75, 3.05) is 6.54 Å². The zero-order chi connectivity index (χ0) is 22.6. The van der Waals surface area contributed by atoms with E-state index < -0.39 is 23.5 Å². The van der Waals surface area contributed by atoms with E-state index in [0.29, 0.717) is 18.6 Å². The third-order valence-corrected chi connectivity index (χ3v) is 7.37. The van der Waals surface area contributed by atoms with Crippen molar-refractivity contribution in [2.24, 2.45) is 0 Å². The van der Waals surface area contributed by atoms with Crippen LogP contribution in [0.3, 0.4) is 0 Å². The molecule has 3 atom stereocenters. The van der Waals surface area contributed by atoms with E-state index in [2.05, 4.69) is 41.5 Å². The minimum absolute atomic E-state index is 0.212. The monoisotopic (exact) mass is 438 g/mol. The number of benzene rings is 2. The van der Waals surface area contributed by atoms with E-state index in [4.69, 9.17) is 0 Å². The fraction of sp³-hybridized carbons (Fsp3) is 0.423. The minimum Gasteiger partial charge on any atom is -0.481 e. The van der Waals surface area contributed by atoms with Crippen molar-refractivity contribution in [3.8, 4) is 0 Å². The van der Waals surface area contributed by atoms with Gasteiger partial charge in [-0.1, -0.05) is 24.6 Å². The van der Waals surface area contributed by atoms with E-state index >= 15 is 0 Å². The molecule has 0 spiro atoms. The molecule has 0 amide bonds. The molecule has 5 rings (SSSR count). The van der Waals surface area contributed by atoms with Gasteiger partial charge in [-0.05, 0) is 55.6 Å². The van der Waals surface area contributed by atoms with Gasteiger partial charge in [-0.15, -0.1) is 0 Å². The van der Waals surface area contributed by atoms with E-state index in [-0.39, 0.29) is 12.0 Å². The molecule has 4 nitrogen and oxygen atoms in total. The van der Waals surface area contributed by atoms with Crippen LogP contribution in [0.1, 0.15) is 60.5 Å². The number of aryl methyl sites for hydroxylation is 1. The van der Waals surface area contributed by atoms with Crippen LogP contribution in [0.5, 0.6) is 0 Å². The SMILES string of the molecule is CCN1C2CCC1c1c(n(CC(CC(=O)O)c3ccc(F)cc3F)c3ccc(C)cc13)C2. The summed E-state index contributed by atoms with van der Waals surface area (Å²) in [7, 11) is 0. The first-order valence-corrected chi connectivity index (χ1v) is 11.4. The van der Waals surface area contributed by atoms with Gasteiger partial charge in [-0.3, -0.25) is 9.69 Å². The standard InChI is InChI=1S/C26H28F2N2O2/c1-3-29-18-6-9-23(29)26-20-10-15(2)4-8-22(20)30(24(26)13-18)14-16(11-25(31)32)19-7-5-17(27)12-21(19)28/h4-5,7-8,10,12,16,18,23H,3,6,9,11,13-14H2,1-2H3,(H,31,32). The third kappa shape index (κ3) is 3.41. The molecule has 2 aliphatic heterocycles. The van der Waals surface area contributed by atoms with E-state index in [0.717, 1.165) is 37.4 Å². The molecule has 2 bridgehead atoms. The van der Waals surface area contributed by atoms with Crippen LogP contribution in [0, 0.1) is 18.6 Å². The van der Waals surface area contributed by atoms with E-state index in [9.17, 15) is 18.7 Å². The maximum absolute atomic E-state index is 14.7. The molecule has 2 aliphatic rings. The van der Waals surface area contributed by atoms with Crippen LogP contribution in [0.2, 0.25) is 0 Å². The van der Waals surface area contributed by atoms with Crippen molar-refractivity contribution in [1.82, 2.24) is 9.47 Å². The number of carbonyl (C=O) groups is 1. The fourth-order valence-electron chi connectivity index (χ4n) is 6.05. The normalized spacial score (nSPS) is 21.1. The number of fused-ring (bicyclic) bond motifs is 6. The summed E-state index contributed by atoms with van der Waals surface area (Å²) in [6, 6.07) is 10.7. The second-order valence-electron chi connectivity index (χ2n) is 9.23. The van der Waals surface area contributed by atoms with Gasteiger partial charge in [0, 0.05) is 53.6 Å². The highest BCUT2D eigenvalue weighted by Gasteiger charge is 2.42. The van der Waals surface area contributed by atoms with Crippen molar-refractivity contribution in [2.45, 2.75) is 64.1 Å². The van der Waals surface area contributed by atoms with Crippen molar-refractivity contribution in [1.29, 1.82) is 0 Å². The highest BCUT2D eigenvalue weighted by atomic mass is 19.1. The largest absolute Gasteiger partial charge is 0.481 e. The Bertz CT molecular complexity index is 1200. The summed E-state index contributed by atoms with van der Waals surface area (Å²) in [5, 5.41) is 10.8. The van der Waals surface area contributed by atoms with Crippen molar-refractivity contribution in [3.05, 3.63) is 70.4 Å². The summed E-state index contributed by atoms with van der Waals surface area (Å²) >= 11 is 0. The number of likely N-dealkylation sites (N-methyl/N-ethyl adjacent to an activating group) is 1. The summed E-state index contributed by atoms with van der Waals surface area (Å²) in [6.45, 7) is 5.66. The average molecular weight is 439 g/mol. The number of rotatable bonds is 6. The average Bonchev–Trinajstić information content (AvgIpc) is 3.19. The second kappa shape index (κ2) is 8.00. The molecule has 1 N–H and O–H groups in total. The maximum Gasteiger partial charge on any atom is 0.304 e. The molecule has 1 fully saturated rings. The van der Waals surface area contributed by atoms with E-state index in [1.54, 1.807) is 0 Å². The van der Waals surface area contributed by atoms with Crippen LogP contribution in [0.4, 0.5) is 8.78 Å². The summed E-state index contributed by atoms with van der Waals surface area (Å²) in [4.78, 5) is 14.3. The predicted molar refractivity (Wildman–Crippen MR) is 120 cm³/mol. The third-order valence-electron chi connectivity index (χ3n) is 7.37. The lowest BCUT2D eigenvalue weighted by Crippen LogP contribution is -2.37. The number of carboxylic acid groups (broad SMARTS) is 1. The molecule has 32 heavy (non-hydrogen) atoms. The first-order chi connectivity index (χ1) is 15.4. The van der Waals surface area contributed by atoms with Gasteiger partial charge in [-0.2, -0.15) is 0 Å². The van der Waals surface area contributed by atoms with E-state index in [1.807, 2.05) is 0 Å². The molecule has 1 saturated heterocycles. The van der Waals surface area contributed by atoms with Gasteiger partial charge < -0.3 is 9.67 Å². The van der Waals surface area contributed by atoms with Crippen LogP contribution in [0.15, 0.2) is 36.4 Å². The van der Waals surface area contributed by atoms with Crippen LogP contribution in [-0.2, 0) is 17.8 Å². The van der Waals surface area contributed by atoms with Crippen LogP contribution in [-0.4, -0.2) is 33.1 Å². The van der Waals surface area contributed by atoms with Crippen LogP contribution in [0.25, 0.3) is 10.9 Å². The Balaban J connectivity index is 1.65. The van der Waals surface area contributed by atoms with Crippen LogP contribution < -0.4 is 0 Å². The molecule has 168 valence electrons. The lowest BCUT2D eigenvalue weighted by molar-refractivity contribution is -0.137. The number of hydrogen-bond acceptors (Lipinski definition) is 2. The summed E-state index contributed by atoms with van der Waals surface area (Å²) in [5.41, 5.74) is 5.12. The Morgan fingerprint density at radius 2 is 2.00 bits per heavy atom. The number of carboxylic acids is 1. The number of nitrogens with zero attached hydrogens (tertiary/aromatic N) is 2. The van der Waals surface area contributed by atoms with Crippen molar-refractivity contribution in [3.63, 3.8) is 0 Å². The van der Waals surface area contributed by atoms with Gasteiger partial charge in [0.15, 0.2) is 0 Å². The first-order valence-electron chi connectivity index (χ1n) is 11.4. The Hall–Kier alpha value is -2.73. The lowest BCUT2D eigenvalue weighted by atomic mass is 9.94. The van der Waals surface area contributed by atoms with E-state index in [1.165, 1.54) is 34.3 Å². The molecule has 1 aromatic heterocycles. The quantitative estimate of drug-likeness (QED) is 0.547. The molecule has 2 aromatic carbocycles. The smallest absolute Gasteiger partial charge is 0.304 e. The summed E-state index contributed by atoms with van der Waals surface area (Å²) < 4.78 is 30.4. The Morgan fingerprint density at radius 3 is 2.72 bits per heavy atom. The molecule has 6 heteroatoms. The second-order valence-corrected chi connectivity index (χ2v) is 9.23. The van der Waals surface area contributed by atoms with Gasteiger partial charge in [-0.25, -0.2) is 8.78 Å². The highest BCUT2D eigenvalue weighted by Crippen LogP contribution is 2.48. The van der Waals surface area contributed by atoms with Crippen molar-refractivity contribution >= 4 is 16.9 Å². The Kier molecular flexibility index (Phi) is 5.28. The number of aliphatic carboxylic acids is 1.